The van der Waals surface area contributed by atoms with E-state index in [-0.39, 0.29) is 17.1 Å². The lowest BCUT2D eigenvalue weighted by Gasteiger charge is -2.07. The zero-order chi connectivity index (χ0) is 14.9. The molecule has 0 saturated heterocycles. The van der Waals surface area contributed by atoms with Crippen molar-refractivity contribution >= 4 is 23.1 Å². The van der Waals surface area contributed by atoms with Crippen LogP contribution in [0.5, 0.6) is 0 Å². The molecular formula is C12H13N5O3. The zero-order valence-corrected chi connectivity index (χ0v) is 11.0. The Balaban J connectivity index is 2.30. The highest BCUT2D eigenvalue weighted by atomic mass is 16.6. The number of nitrogens with one attached hydrogen (secondary N) is 1. The van der Waals surface area contributed by atoms with Crippen LogP contribution in [-0.2, 0) is 7.05 Å². The van der Waals surface area contributed by atoms with Crippen LogP contribution in [-0.4, -0.2) is 20.6 Å². The van der Waals surface area contributed by atoms with Crippen LogP contribution in [0.3, 0.4) is 0 Å². The van der Waals surface area contributed by atoms with Crippen LogP contribution in [0.4, 0.5) is 17.2 Å². The first-order valence-electron chi connectivity index (χ1n) is 5.74. The summed E-state index contributed by atoms with van der Waals surface area (Å²) in [6.07, 6.45) is 1.34. The molecule has 3 N–H and O–H groups in total. The van der Waals surface area contributed by atoms with Crippen molar-refractivity contribution in [3.63, 3.8) is 0 Å². The minimum absolute atomic E-state index is 0.0925. The SMILES string of the molecule is Cc1ccc([N+](=O)[O-])cc1NC(=O)c1cnn(C)c1N. The van der Waals surface area contributed by atoms with E-state index in [0.717, 1.165) is 0 Å². The largest absolute Gasteiger partial charge is 0.383 e. The molecule has 0 atom stereocenters. The highest BCUT2D eigenvalue weighted by Crippen LogP contribution is 2.23. The van der Waals surface area contributed by atoms with Gasteiger partial charge >= 0.3 is 0 Å². The van der Waals surface area contributed by atoms with Crippen LogP contribution >= 0.6 is 0 Å². The van der Waals surface area contributed by atoms with Crippen LogP contribution in [0.25, 0.3) is 0 Å². The molecule has 0 unspecified atom stereocenters. The lowest BCUT2D eigenvalue weighted by Crippen LogP contribution is -2.14. The van der Waals surface area contributed by atoms with Crippen LogP contribution < -0.4 is 11.1 Å². The number of non-ortho nitro benzene ring substituents is 1. The third-order valence-electron chi connectivity index (χ3n) is 2.91. The smallest absolute Gasteiger partial charge is 0.271 e. The number of anilines is 2. The van der Waals surface area contributed by atoms with Crippen molar-refractivity contribution in [2.45, 2.75) is 6.92 Å². The Hall–Kier alpha value is -2.90. The van der Waals surface area contributed by atoms with Crippen molar-refractivity contribution in [2.75, 3.05) is 11.1 Å². The van der Waals surface area contributed by atoms with Gasteiger partial charge in [-0.1, -0.05) is 6.07 Å². The summed E-state index contributed by atoms with van der Waals surface area (Å²) in [5.41, 5.74) is 6.92. The quantitative estimate of drug-likeness (QED) is 0.650. The molecule has 0 radical (unpaired) electrons. The average Bonchev–Trinajstić information content (AvgIpc) is 2.72. The van der Waals surface area contributed by atoms with E-state index in [4.69, 9.17) is 5.73 Å². The van der Waals surface area contributed by atoms with Crippen molar-refractivity contribution in [3.05, 3.63) is 45.6 Å². The van der Waals surface area contributed by atoms with E-state index in [1.165, 1.54) is 23.0 Å². The Labute approximate surface area is 114 Å². The number of amides is 1. The van der Waals surface area contributed by atoms with E-state index in [1.807, 2.05) is 0 Å². The monoisotopic (exact) mass is 275 g/mol. The molecule has 1 aromatic heterocycles. The average molecular weight is 275 g/mol. The minimum Gasteiger partial charge on any atom is -0.383 e. The number of benzene rings is 1. The van der Waals surface area contributed by atoms with Gasteiger partial charge in [-0.05, 0) is 12.5 Å². The van der Waals surface area contributed by atoms with Gasteiger partial charge in [-0.25, -0.2) is 0 Å². The fraction of sp³-hybridized carbons (Fsp3) is 0.167. The third-order valence-corrected chi connectivity index (χ3v) is 2.91. The number of nitrogen functional groups attached to an aromatic ring is 1. The van der Waals surface area contributed by atoms with E-state index in [9.17, 15) is 14.9 Å². The van der Waals surface area contributed by atoms with E-state index in [0.29, 0.717) is 11.3 Å². The molecule has 20 heavy (non-hydrogen) atoms. The molecule has 8 nitrogen and oxygen atoms in total. The van der Waals surface area contributed by atoms with Crippen molar-refractivity contribution in [1.82, 2.24) is 9.78 Å². The number of nitro groups is 1. The van der Waals surface area contributed by atoms with Gasteiger partial charge < -0.3 is 11.1 Å². The second-order valence-electron chi connectivity index (χ2n) is 4.28. The summed E-state index contributed by atoms with van der Waals surface area (Å²) < 4.78 is 1.37. The molecule has 0 bridgehead atoms. The Morgan fingerprint density at radius 1 is 1.50 bits per heavy atom. The lowest BCUT2D eigenvalue weighted by molar-refractivity contribution is -0.384. The molecule has 1 aromatic carbocycles. The van der Waals surface area contributed by atoms with Gasteiger partial charge in [0, 0.05) is 19.2 Å². The van der Waals surface area contributed by atoms with Crippen molar-refractivity contribution in [3.8, 4) is 0 Å². The summed E-state index contributed by atoms with van der Waals surface area (Å²) in [5.74, 6) is -0.232. The fourth-order valence-corrected chi connectivity index (χ4v) is 1.67. The second kappa shape index (κ2) is 5.00. The maximum absolute atomic E-state index is 12.1. The number of carbonyl (C=O) groups is 1. The predicted molar refractivity (Wildman–Crippen MR) is 73.4 cm³/mol. The van der Waals surface area contributed by atoms with Gasteiger partial charge in [-0.15, -0.1) is 0 Å². The van der Waals surface area contributed by atoms with Gasteiger partial charge in [0.25, 0.3) is 11.6 Å². The molecule has 1 amide bonds. The molecule has 1 heterocycles. The van der Waals surface area contributed by atoms with E-state index in [1.54, 1.807) is 20.0 Å². The van der Waals surface area contributed by atoms with Crippen LogP contribution in [0.15, 0.2) is 24.4 Å². The fourth-order valence-electron chi connectivity index (χ4n) is 1.67. The van der Waals surface area contributed by atoms with Gasteiger partial charge in [0.15, 0.2) is 0 Å². The molecular weight excluding hydrogens is 262 g/mol. The summed E-state index contributed by atoms with van der Waals surface area (Å²) in [4.78, 5) is 22.3. The van der Waals surface area contributed by atoms with Crippen LogP contribution in [0.2, 0.25) is 0 Å². The third kappa shape index (κ3) is 2.44. The maximum Gasteiger partial charge on any atom is 0.271 e. The summed E-state index contributed by atoms with van der Waals surface area (Å²) in [6.45, 7) is 1.74. The molecule has 0 saturated carbocycles. The number of aryl methyl sites for hydroxylation is 2. The molecule has 2 aromatic rings. The molecule has 0 aliphatic heterocycles. The Bertz CT molecular complexity index is 692. The first-order valence-corrected chi connectivity index (χ1v) is 5.74. The van der Waals surface area contributed by atoms with Crippen molar-refractivity contribution < 1.29 is 9.72 Å². The molecule has 104 valence electrons. The number of carbonyl (C=O) groups excluding carboxylic acids is 1. The van der Waals surface area contributed by atoms with Gasteiger partial charge in [-0.2, -0.15) is 5.10 Å². The molecule has 0 fully saturated rings. The van der Waals surface area contributed by atoms with Crippen molar-refractivity contribution in [2.24, 2.45) is 7.05 Å². The molecule has 0 aliphatic rings. The predicted octanol–water partition coefficient (Wildman–Crippen LogP) is 1.47. The van der Waals surface area contributed by atoms with Gasteiger partial charge in [0.05, 0.1) is 16.8 Å². The molecule has 2 rings (SSSR count). The number of rotatable bonds is 3. The van der Waals surface area contributed by atoms with Crippen molar-refractivity contribution in [1.29, 1.82) is 0 Å². The second-order valence-corrected chi connectivity index (χ2v) is 4.28. The lowest BCUT2D eigenvalue weighted by atomic mass is 10.1. The first kappa shape index (κ1) is 13.5. The zero-order valence-electron chi connectivity index (χ0n) is 11.0. The molecule has 0 spiro atoms. The number of aromatic nitrogens is 2. The molecule has 8 heteroatoms. The van der Waals surface area contributed by atoms with Crippen LogP contribution in [0.1, 0.15) is 15.9 Å². The maximum atomic E-state index is 12.1. The molecule has 0 aliphatic carbocycles. The normalized spacial score (nSPS) is 10.3. The highest BCUT2D eigenvalue weighted by molar-refractivity contribution is 6.07. The minimum atomic E-state index is -0.520. The summed E-state index contributed by atoms with van der Waals surface area (Å²) in [5, 5.41) is 17.2. The summed E-state index contributed by atoms with van der Waals surface area (Å²) in [6, 6.07) is 4.25. The van der Waals surface area contributed by atoms with Crippen LogP contribution in [0, 0.1) is 17.0 Å². The summed E-state index contributed by atoms with van der Waals surface area (Å²) >= 11 is 0. The number of hydrogen-bond donors (Lipinski definition) is 2. The highest BCUT2D eigenvalue weighted by Gasteiger charge is 2.16. The van der Waals surface area contributed by atoms with E-state index in [2.05, 4.69) is 10.4 Å². The number of nitrogens with zero attached hydrogens (tertiary/aromatic N) is 3. The van der Waals surface area contributed by atoms with E-state index >= 15 is 0 Å². The standard InChI is InChI=1S/C12H13N5O3/c1-7-3-4-8(17(19)20)5-10(7)15-12(18)9-6-14-16(2)11(9)13/h3-6H,13H2,1-2H3,(H,15,18). The number of nitrogens with two attached hydrogens (primary N) is 1. The van der Waals surface area contributed by atoms with E-state index < -0.39 is 10.8 Å². The Kier molecular flexibility index (Phi) is 3.38. The van der Waals surface area contributed by atoms with Gasteiger partial charge in [-0.3, -0.25) is 19.6 Å². The van der Waals surface area contributed by atoms with Gasteiger partial charge in [0.1, 0.15) is 11.4 Å². The first-order chi connectivity index (χ1) is 9.40. The topological polar surface area (TPSA) is 116 Å². The Morgan fingerprint density at radius 3 is 2.75 bits per heavy atom. The number of hydrogen-bond acceptors (Lipinski definition) is 5. The summed E-state index contributed by atoms with van der Waals surface area (Å²) in [7, 11) is 1.62. The van der Waals surface area contributed by atoms with Gasteiger partial charge in [0.2, 0.25) is 0 Å². The Morgan fingerprint density at radius 2 is 2.20 bits per heavy atom. The number of nitro benzene ring substituents is 1.